The lowest BCUT2D eigenvalue weighted by Gasteiger charge is -2.21. The number of nitrogens with zero attached hydrogens (tertiary/aromatic N) is 3. The highest BCUT2D eigenvalue weighted by Crippen LogP contribution is 2.21. The van der Waals surface area contributed by atoms with Gasteiger partial charge in [0.15, 0.2) is 0 Å². The summed E-state index contributed by atoms with van der Waals surface area (Å²) in [6, 6.07) is 11.3. The first kappa shape index (κ1) is 31.4. The van der Waals surface area contributed by atoms with Gasteiger partial charge in [-0.05, 0) is 51.5 Å². The Balaban J connectivity index is 1.15. The number of nitrogens with one attached hydrogen (secondary N) is 3. The summed E-state index contributed by atoms with van der Waals surface area (Å²) in [5.74, 6) is -0.356. The van der Waals surface area contributed by atoms with E-state index in [1.54, 1.807) is 63.2 Å². The zero-order valence-electron chi connectivity index (χ0n) is 24.4. The Morgan fingerprint density at radius 2 is 1.77 bits per heavy atom. The van der Waals surface area contributed by atoms with Crippen LogP contribution in [-0.4, -0.2) is 78.1 Å². The summed E-state index contributed by atoms with van der Waals surface area (Å²) in [4.78, 5) is 48.9. The molecule has 1 aromatic heterocycles. The number of amides is 3. The second kappa shape index (κ2) is 14.6. The molecule has 1 saturated heterocycles. The van der Waals surface area contributed by atoms with Gasteiger partial charge in [-0.25, -0.2) is 4.79 Å². The molecule has 1 atom stereocenters. The van der Waals surface area contributed by atoms with Crippen molar-refractivity contribution in [2.24, 2.45) is 0 Å². The number of hydrogen-bond donors (Lipinski definition) is 3. The van der Waals surface area contributed by atoms with Crippen molar-refractivity contribution in [2.45, 2.75) is 45.3 Å². The summed E-state index contributed by atoms with van der Waals surface area (Å²) >= 11 is 0. The smallest absolute Gasteiger partial charge is 0.412 e. The second-order valence-corrected chi connectivity index (χ2v) is 10.7. The quantitative estimate of drug-likeness (QED) is 0.196. The number of carbonyl (C=O) groups is 3. The van der Waals surface area contributed by atoms with Crippen LogP contribution in [0.5, 0.6) is 5.75 Å². The van der Waals surface area contributed by atoms with E-state index < -0.39 is 29.2 Å². The molecule has 1 aliphatic heterocycles. The van der Waals surface area contributed by atoms with Crippen molar-refractivity contribution in [3.63, 3.8) is 0 Å². The van der Waals surface area contributed by atoms with E-state index in [0.29, 0.717) is 67.6 Å². The molecule has 2 heterocycles. The Morgan fingerprint density at radius 1 is 1.02 bits per heavy atom. The van der Waals surface area contributed by atoms with Gasteiger partial charge in [0, 0.05) is 30.4 Å². The molecule has 43 heavy (non-hydrogen) atoms. The third-order valence-corrected chi connectivity index (χ3v) is 6.13. The van der Waals surface area contributed by atoms with E-state index in [4.69, 9.17) is 18.9 Å². The number of anilines is 2. The van der Waals surface area contributed by atoms with Crippen molar-refractivity contribution in [1.82, 2.24) is 20.3 Å². The molecule has 0 bridgehead atoms. The predicted molar refractivity (Wildman–Crippen MR) is 157 cm³/mol. The Hall–Kier alpha value is -4.56. The molecule has 3 N–H and O–H groups in total. The molecule has 0 radical (unpaired) electrons. The fourth-order valence-corrected chi connectivity index (χ4v) is 4.25. The van der Waals surface area contributed by atoms with Gasteiger partial charge < -0.3 is 24.3 Å². The van der Waals surface area contributed by atoms with Crippen molar-refractivity contribution in [1.29, 1.82) is 0 Å². The Labute approximate surface area is 248 Å². The van der Waals surface area contributed by atoms with E-state index in [0.717, 1.165) is 4.68 Å². The molecular formula is C29H36N6O8. The lowest BCUT2D eigenvalue weighted by Crippen LogP contribution is -2.45. The van der Waals surface area contributed by atoms with E-state index >= 15 is 0 Å². The highest BCUT2D eigenvalue weighted by molar-refractivity contribution is 5.99. The maximum absolute atomic E-state index is 13.2. The molecule has 2 aromatic carbocycles. The summed E-state index contributed by atoms with van der Waals surface area (Å²) < 4.78 is 23.1. The lowest BCUT2D eigenvalue weighted by molar-refractivity contribution is -0.136. The minimum Gasteiger partial charge on any atom is -0.491 e. The number of hydrogen-bond acceptors (Lipinski definition) is 11. The molecule has 1 fully saturated rings. The molecule has 3 amide bonds. The fraction of sp³-hybridized carbons (Fsp3) is 0.448. The topological polar surface area (TPSA) is 172 Å². The molecule has 0 spiro atoms. The van der Waals surface area contributed by atoms with Crippen LogP contribution in [0.2, 0.25) is 0 Å². The number of rotatable bonds is 13. The molecule has 3 aromatic rings. The highest BCUT2D eigenvalue weighted by atomic mass is 16.6. The van der Waals surface area contributed by atoms with Crippen molar-refractivity contribution < 1.29 is 33.3 Å². The van der Waals surface area contributed by atoms with Gasteiger partial charge in [-0.1, -0.05) is 17.3 Å². The molecule has 1 aliphatic rings. The molecule has 1 unspecified atom stereocenters. The van der Waals surface area contributed by atoms with Crippen LogP contribution in [0.25, 0.3) is 10.9 Å². The van der Waals surface area contributed by atoms with Crippen LogP contribution >= 0.6 is 0 Å². The Kier molecular flexibility index (Phi) is 10.6. The maximum Gasteiger partial charge on any atom is 0.412 e. The fourth-order valence-electron chi connectivity index (χ4n) is 4.25. The van der Waals surface area contributed by atoms with Crippen molar-refractivity contribution in [2.75, 3.05) is 50.2 Å². The Bertz CT molecular complexity index is 1500. The molecule has 0 saturated carbocycles. The van der Waals surface area contributed by atoms with Crippen LogP contribution in [0, 0.1) is 0 Å². The van der Waals surface area contributed by atoms with Gasteiger partial charge in [-0.15, -0.1) is 5.10 Å². The number of ether oxygens (including phenoxy) is 4. The van der Waals surface area contributed by atoms with Gasteiger partial charge in [0.1, 0.15) is 29.5 Å². The summed E-state index contributed by atoms with van der Waals surface area (Å²) in [6.45, 7) is 7.54. The summed E-state index contributed by atoms with van der Waals surface area (Å²) in [6.07, 6.45) is -0.231. The van der Waals surface area contributed by atoms with Crippen LogP contribution in [-0.2, 0) is 23.8 Å². The van der Waals surface area contributed by atoms with Gasteiger partial charge in [-0.2, -0.15) is 4.68 Å². The normalized spacial score (nSPS) is 15.2. The molecule has 230 valence electrons. The number of aromatic nitrogens is 3. The summed E-state index contributed by atoms with van der Waals surface area (Å²) in [5.41, 5.74) is 0.437. The van der Waals surface area contributed by atoms with E-state index in [1.807, 2.05) is 0 Å². The van der Waals surface area contributed by atoms with Gasteiger partial charge in [0.25, 0.3) is 11.5 Å². The monoisotopic (exact) mass is 596 g/mol. The third kappa shape index (κ3) is 9.21. The van der Waals surface area contributed by atoms with Crippen molar-refractivity contribution in [3.05, 3.63) is 52.8 Å². The third-order valence-electron chi connectivity index (χ3n) is 6.13. The molecule has 4 rings (SSSR count). The van der Waals surface area contributed by atoms with Crippen LogP contribution in [0.4, 0.5) is 16.2 Å². The standard InChI is InChI=1S/C29H36N6O8/c1-29(2,3)43-28(39)31-19-6-4-7-20(18-19)42-17-16-41-15-14-40-13-12-30-21-8-5-9-22-25(21)27(38)35(34-33-22)23-10-11-24(36)32-26(23)37/h4-9,18,23,30H,10-17H2,1-3H3,(H,31,39)(H,32,36,37). The molecular weight excluding hydrogens is 560 g/mol. The number of imide groups is 1. The minimum atomic E-state index is -0.893. The lowest BCUT2D eigenvalue weighted by atomic mass is 10.1. The van der Waals surface area contributed by atoms with Gasteiger partial charge in [0.2, 0.25) is 5.91 Å². The predicted octanol–water partition coefficient (Wildman–Crippen LogP) is 2.64. The summed E-state index contributed by atoms with van der Waals surface area (Å²) in [7, 11) is 0. The minimum absolute atomic E-state index is 0.125. The van der Waals surface area contributed by atoms with E-state index in [2.05, 4.69) is 26.3 Å². The summed E-state index contributed by atoms with van der Waals surface area (Å²) in [5, 5.41) is 16.4. The van der Waals surface area contributed by atoms with Crippen LogP contribution < -0.4 is 26.2 Å². The number of benzene rings is 2. The van der Waals surface area contributed by atoms with E-state index in [1.165, 1.54) is 0 Å². The largest absolute Gasteiger partial charge is 0.491 e. The molecule has 14 heteroatoms. The van der Waals surface area contributed by atoms with Gasteiger partial charge >= 0.3 is 6.09 Å². The SMILES string of the molecule is CC(C)(C)OC(=O)Nc1cccc(OCCOCCOCCNc2cccc3nnn(C4CCC(=O)NC4=O)c(=O)c23)c1. The molecule has 0 aliphatic carbocycles. The number of carbonyl (C=O) groups excluding carboxylic acids is 3. The highest BCUT2D eigenvalue weighted by Gasteiger charge is 2.30. The zero-order chi connectivity index (χ0) is 30.8. The van der Waals surface area contributed by atoms with Crippen molar-refractivity contribution >= 4 is 40.2 Å². The first-order valence-corrected chi connectivity index (χ1v) is 13.9. The first-order chi connectivity index (χ1) is 20.6. The maximum atomic E-state index is 13.2. The van der Waals surface area contributed by atoms with Crippen LogP contribution in [0.1, 0.15) is 39.7 Å². The first-order valence-electron chi connectivity index (χ1n) is 13.9. The van der Waals surface area contributed by atoms with Gasteiger partial charge in [-0.3, -0.25) is 25.0 Å². The van der Waals surface area contributed by atoms with E-state index in [9.17, 15) is 19.2 Å². The zero-order valence-corrected chi connectivity index (χ0v) is 24.4. The van der Waals surface area contributed by atoms with Crippen LogP contribution in [0.15, 0.2) is 47.3 Å². The Morgan fingerprint density at radius 3 is 2.53 bits per heavy atom. The number of piperidine rings is 1. The van der Waals surface area contributed by atoms with E-state index in [-0.39, 0.29) is 18.7 Å². The second-order valence-electron chi connectivity index (χ2n) is 10.7. The average Bonchev–Trinajstić information content (AvgIpc) is 2.94. The van der Waals surface area contributed by atoms with Crippen LogP contribution in [0.3, 0.4) is 0 Å². The van der Waals surface area contributed by atoms with Gasteiger partial charge in [0.05, 0.1) is 31.8 Å². The van der Waals surface area contributed by atoms with Crippen molar-refractivity contribution in [3.8, 4) is 5.75 Å². The number of fused-ring (bicyclic) bond motifs is 1. The average molecular weight is 597 g/mol. The molecule has 14 nitrogen and oxygen atoms in total.